The zero-order valence-corrected chi connectivity index (χ0v) is 33.4. The number of carbonyl (C=O) groups excluding carboxylic acids is 4. The van der Waals surface area contributed by atoms with Crippen molar-refractivity contribution in [3.8, 4) is 0 Å². The Hall–Kier alpha value is -4.99. The topological polar surface area (TPSA) is 199 Å². The smallest absolute Gasteiger partial charge is 0.269 e. The first kappa shape index (κ1) is 42.2. The number of nitro groups is 1. The predicted octanol–water partition coefficient (Wildman–Crippen LogP) is 4.25. The molecule has 56 heavy (non-hydrogen) atoms. The van der Waals surface area contributed by atoms with Crippen molar-refractivity contribution in [1.29, 1.82) is 0 Å². The largest absolute Gasteiger partial charge is 0.417 e. The van der Waals surface area contributed by atoms with Crippen molar-refractivity contribution < 1.29 is 37.4 Å². The number of amides is 4. The van der Waals surface area contributed by atoms with Crippen LogP contribution in [0.3, 0.4) is 0 Å². The Morgan fingerprint density at radius 1 is 0.893 bits per heavy atom. The zero-order valence-electron chi connectivity index (χ0n) is 32.6. The third kappa shape index (κ3) is 9.51. The first-order valence-electron chi connectivity index (χ1n) is 19.6. The second kappa shape index (κ2) is 18.8. The number of piperidine rings is 1. The monoisotopic (exact) mass is 794 g/mol. The maximum absolute atomic E-state index is 14.2. The van der Waals surface area contributed by atoms with Crippen molar-refractivity contribution in [2.45, 2.75) is 126 Å². The zero-order chi connectivity index (χ0) is 40.6. The molecular weight excluding hydrogens is 741 g/mol. The lowest BCUT2D eigenvalue weighted by molar-refractivity contribution is -0.384. The number of rotatable bonds is 15. The lowest BCUT2D eigenvalue weighted by Gasteiger charge is -2.39. The Balaban J connectivity index is 1.36. The molecule has 2 saturated heterocycles. The second-order valence-corrected chi connectivity index (χ2v) is 17.1. The van der Waals surface area contributed by atoms with E-state index in [1.54, 1.807) is 22.8 Å². The van der Waals surface area contributed by atoms with Gasteiger partial charge in [-0.05, 0) is 68.2 Å². The number of nitro benzene ring substituents is 1. The number of sulfone groups is 1. The summed E-state index contributed by atoms with van der Waals surface area (Å²) in [7, 11) is -2.21. The summed E-state index contributed by atoms with van der Waals surface area (Å²) in [6.07, 6.45) is 6.78. The van der Waals surface area contributed by atoms with Crippen LogP contribution in [0.25, 0.3) is 10.9 Å². The predicted molar refractivity (Wildman–Crippen MR) is 210 cm³/mol. The molecule has 2 aliphatic rings. The fourth-order valence-corrected chi connectivity index (χ4v) is 9.60. The number of aromatic nitrogens is 1. The summed E-state index contributed by atoms with van der Waals surface area (Å²) in [4.78, 5) is 74.1. The van der Waals surface area contributed by atoms with Gasteiger partial charge in [-0.15, -0.1) is 0 Å². The van der Waals surface area contributed by atoms with Gasteiger partial charge in [-0.1, -0.05) is 64.7 Å². The fourth-order valence-electron chi connectivity index (χ4n) is 7.78. The molecule has 0 spiro atoms. The van der Waals surface area contributed by atoms with Gasteiger partial charge in [-0.3, -0.25) is 29.3 Å². The molecule has 16 heteroatoms. The van der Waals surface area contributed by atoms with Gasteiger partial charge in [0, 0.05) is 36.7 Å². The number of hydrogen-bond donors (Lipinski definition) is 3. The van der Waals surface area contributed by atoms with E-state index in [1.807, 2.05) is 38.1 Å². The average molecular weight is 795 g/mol. The lowest BCUT2D eigenvalue weighted by Crippen LogP contribution is -2.64. The molecule has 0 bridgehead atoms. The van der Waals surface area contributed by atoms with Crippen molar-refractivity contribution in [3.63, 3.8) is 0 Å². The van der Waals surface area contributed by atoms with E-state index in [-0.39, 0.29) is 35.2 Å². The molecule has 3 N–H and O–H groups in total. The molecule has 2 aliphatic heterocycles. The summed E-state index contributed by atoms with van der Waals surface area (Å²) < 4.78 is 28.3. The van der Waals surface area contributed by atoms with E-state index in [4.69, 9.17) is 4.84 Å². The minimum absolute atomic E-state index is 0.0265. The summed E-state index contributed by atoms with van der Waals surface area (Å²) >= 11 is 0. The van der Waals surface area contributed by atoms with E-state index >= 15 is 0 Å². The summed E-state index contributed by atoms with van der Waals surface area (Å²) in [5.74, 6) is -2.02. The summed E-state index contributed by atoms with van der Waals surface area (Å²) in [5.41, 5.74) is 1.33. The average Bonchev–Trinajstić information content (AvgIpc) is 3.56. The van der Waals surface area contributed by atoms with Gasteiger partial charge in [0.15, 0.2) is 9.84 Å². The molecule has 2 unspecified atom stereocenters. The summed E-state index contributed by atoms with van der Waals surface area (Å²) in [6.45, 7) is 5.96. The molecule has 2 fully saturated rings. The van der Waals surface area contributed by atoms with Crippen LogP contribution in [0.2, 0.25) is 0 Å². The van der Waals surface area contributed by atoms with Crippen LogP contribution in [-0.2, 0) is 35.4 Å². The third-order valence-electron chi connectivity index (χ3n) is 11.3. The van der Waals surface area contributed by atoms with Gasteiger partial charge in [0.1, 0.15) is 31.3 Å². The molecular formula is C40H54N6O9S. The van der Waals surface area contributed by atoms with Crippen molar-refractivity contribution in [1.82, 2.24) is 25.6 Å². The van der Waals surface area contributed by atoms with Gasteiger partial charge in [0.2, 0.25) is 23.6 Å². The number of para-hydroxylation sites is 1. The number of unbranched alkanes of at least 4 members (excludes halogenated alkanes) is 2. The number of hydrogen-bond acceptors (Lipinski definition) is 9. The summed E-state index contributed by atoms with van der Waals surface area (Å²) in [6, 6.07) is 8.61. The Morgan fingerprint density at radius 3 is 2.27 bits per heavy atom. The van der Waals surface area contributed by atoms with Crippen LogP contribution in [0.5, 0.6) is 0 Å². The van der Waals surface area contributed by atoms with Crippen molar-refractivity contribution in [2.24, 2.45) is 5.92 Å². The molecule has 1 aromatic heterocycles. The number of nitrogens with one attached hydrogen (secondary N) is 3. The Bertz CT molecular complexity index is 2000. The van der Waals surface area contributed by atoms with Crippen LogP contribution in [0.1, 0.15) is 90.5 Å². The summed E-state index contributed by atoms with van der Waals surface area (Å²) in [5, 5.41) is 20.0. The number of benzene rings is 2. The number of nitrogens with zero attached hydrogens (tertiary/aromatic N) is 3. The molecule has 304 valence electrons. The highest BCUT2D eigenvalue weighted by Gasteiger charge is 2.41. The van der Waals surface area contributed by atoms with E-state index in [1.165, 1.54) is 31.4 Å². The van der Waals surface area contributed by atoms with Crippen LogP contribution in [0.4, 0.5) is 5.69 Å². The normalized spacial score (nSPS) is 22.2. The lowest BCUT2D eigenvalue weighted by atomic mass is 9.93. The van der Waals surface area contributed by atoms with Gasteiger partial charge in [-0.2, -0.15) is 4.73 Å². The van der Waals surface area contributed by atoms with E-state index in [9.17, 15) is 37.7 Å². The van der Waals surface area contributed by atoms with Crippen LogP contribution in [0, 0.1) is 16.0 Å². The molecule has 5 rings (SSSR count). The Kier molecular flexibility index (Phi) is 14.1. The quantitative estimate of drug-likeness (QED) is 0.114. The Labute approximate surface area is 327 Å². The molecule has 0 radical (unpaired) electrons. The molecule has 2 aromatic carbocycles. The van der Waals surface area contributed by atoms with E-state index in [0.29, 0.717) is 57.9 Å². The van der Waals surface area contributed by atoms with Crippen LogP contribution in [0.15, 0.2) is 59.6 Å². The Morgan fingerprint density at radius 2 is 1.59 bits per heavy atom. The van der Waals surface area contributed by atoms with Gasteiger partial charge in [0.25, 0.3) is 5.69 Å². The van der Waals surface area contributed by atoms with Crippen LogP contribution in [-0.4, -0.2) is 89.7 Å². The van der Waals surface area contributed by atoms with E-state index in [0.717, 1.165) is 22.9 Å². The van der Waals surface area contributed by atoms with Gasteiger partial charge in [0.05, 0.1) is 20.6 Å². The highest BCUT2D eigenvalue weighted by molar-refractivity contribution is 7.92. The van der Waals surface area contributed by atoms with Crippen molar-refractivity contribution in [3.05, 3.63) is 70.4 Å². The van der Waals surface area contributed by atoms with Gasteiger partial charge < -0.3 is 25.7 Å². The van der Waals surface area contributed by atoms with Gasteiger partial charge >= 0.3 is 0 Å². The molecule has 6 atom stereocenters. The highest BCUT2D eigenvalue weighted by atomic mass is 32.2. The molecule has 15 nitrogen and oxygen atoms in total. The number of carbonyl (C=O) groups is 4. The maximum atomic E-state index is 14.2. The number of fused-ring (bicyclic) bond motifs is 2. The molecule has 0 aliphatic carbocycles. The molecule has 0 saturated carbocycles. The molecule has 3 aromatic rings. The van der Waals surface area contributed by atoms with Crippen molar-refractivity contribution in [2.75, 3.05) is 13.7 Å². The van der Waals surface area contributed by atoms with Gasteiger partial charge in [-0.25, -0.2) is 8.42 Å². The van der Waals surface area contributed by atoms with Crippen molar-refractivity contribution >= 4 is 50.1 Å². The standard InChI is InChI=1S/C40H54N6O9S/c1-5-26(3)36-40(50)44-23-13-12-18-35(44)39(49)41-32(16-9-7-8-14-29(6-2)56(53,54)30-21-19-28(20-22-30)46(51)52)37(47)42-33(38(48)43-36)24-27-25-45(55-4)34-17-11-10-15-31(27)34/h10-11,15,17,19-22,25-26,29,32-33,35-36H,5-9,12-14,16,18,23-24H2,1-4H3,(H,41,49)(H,42,47)(H,43,48)/t26?,29?,32-,33-,35+,36-/m0/s1. The first-order valence-corrected chi connectivity index (χ1v) is 21.2. The van der Waals surface area contributed by atoms with Crippen LogP contribution < -0.4 is 20.8 Å². The van der Waals surface area contributed by atoms with E-state index in [2.05, 4.69) is 16.0 Å². The second-order valence-electron chi connectivity index (χ2n) is 14.9. The van der Waals surface area contributed by atoms with Crippen LogP contribution >= 0.6 is 0 Å². The SMILES string of the molecule is CCC(C)[C@@H]1NC(=O)[C@H](Cc2cn(OC)c3ccccc23)NC(=O)[C@H](CCCCCC(CC)S(=O)(=O)c2ccc([N+](=O)[O-])cc2)NC(=O)[C@H]2CCCCN2C1=O. The maximum Gasteiger partial charge on any atom is 0.269 e. The first-order chi connectivity index (χ1) is 26.8. The number of non-ortho nitro benzene ring substituents is 1. The third-order valence-corrected chi connectivity index (χ3v) is 13.7. The minimum Gasteiger partial charge on any atom is -0.417 e. The fraction of sp³-hybridized carbons (Fsp3) is 0.550. The molecule has 3 heterocycles. The highest BCUT2D eigenvalue weighted by Crippen LogP contribution is 2.27. The minimum atomic E-state index is -3.74. The van der Waals surface area contributed by atoms with E-state index < -0.39 is 61.9 Å². The molecule has 4 amide bonds.